The summed E-state index contributed by atoms with van der Waals surface area (Å²) in [5, 5.41) is 12.0. The fraction of sp³-hybridized carbons (Fsp3) is 0.143. The quantitative estimate of drug-likeness (QED) is 0.890. The lowest BCUT2D eigenvalue weighted by molar-refractivity contribution is 0.397. The molecule has 0 aliphatic heterocycles. The standard InChI is InChI=1S/C14H13N3O/c1-18-14-8-12(6-7-16-14)10-17-13-4-2-11(9-15)3-5-13/h2-8,17H,10H2,1H3. The topological polar surface area (TPSA) is 57.9 Å². The molecule has 0 aliphatic carbocycles. The molecule has 2 aromatic rings. The van der Waals surface area contributed by atoms with Crippen molar-refractivity contribution >= 4 is 5.69 Å². The summed E-state index contributed by atoms with van der Waals surface area (Å²) in [4.78, 5) is 4.05. The number of hydrogen-bond acceptors (Lipinski definition) is 4. The Labute approximate surface area is 106 Å². The van der Waals surface area contributed by atoms with Crippen molar-refractivity contribution in [3.05, 3.63) is 53.7 Å². The van der Waals surface area contributed by atoms with Crippen molar-refractivity contribution in [1.82, 2.24) is 4.98 Å². The highest BCUT2D eigenvalue weighted by Crippen LogP contribution is 2.13. The van der Waals surface area contributed by atoms with Gasteiger partial charge < -0.3 is 10.1 Å². The molecule has 18 heavy (non-hydrogen) atoms. The summed E-state index contributed by atoms with van der Waals surface area (Å²) in [6.07, 6.45) is 1.72. The van der Waals surface area contributed by atoms with Crippen LogP contribution in [0, 0.1) is 11.3 Å². The van der Waals surface area contributed by atoms with E-state index >= 15 is 0 Å². The van der Waals surface area contributed by atoms with E-state index in [0.717, 1.165) is 11.3 Å². The lowest BCUT2D eigenvalue weighted by Gasteiger charge is -2.07. The van der Waals surface area contributed by atoms with Crippen LogP contribution in [0.25, 0.3) is 0 Å². The number of aromatic nitrogens is 1. The van der Waals surface area contributed by atoms with Crippen molar-refractivity contribution in [3.8, 4) is 11.9 Å². The van der Waals surface area contributed by atoms with Crippen LogP contribution in [-0.2, 0) is 6.54 Å². The number of nitriles is 1. The van der Waals surface area contributed by atoms with E-state index in [0.29, 0.717) is 18.0 Å². The smallest absolute Gasteiger partial charge is 0.213 e. The highest BCUT2D eigenvalue weighted by molar-refractivity contribution is 5.47. The summed E-state index contributed by atoms with van der Waals surface area (Å²) in [6, 6.07) is 13.3. The molecule has 0 unspecified atom stereocenters. The molecule has 0 radical (unpaired) electrons. The molecular formula is C14H13N3O. The third kappa shape index (κ3) is 2.98. The maximum absolute atomic E-state index is 8.70. The molecule has 1 aromatic heterocycles. The molecule has 4 nitrogen and oxygen atoms in total. The maximum atomic E-state index is 8.70. The Balaban J connectivity index is 2.00. The number of anilines is 1. The number of hydrogen-bond donors (Lipinski definition) is 1. The van der Waals surface area contributed by atoms with Crippen molar-refractivity contribution in [2.45, 2.75) is 6.54 Å². The van der Waals surface area contributed by atoms with Crippen LogP contribution >= 0.6 is 0 Å². The molecule has 4 heteroatoms. The number of pyridine rings is 1. The number of nitrogens with zero attached hydrogens (tertiary/aromatic N) is 2. The largest absolute Gasteiger partial charge is 0.481 e. The minimum absolute atomic E-state index is 0.606. The minimum atomic E-state index is 0.606. The number of methoxy groups -OCH3 is 1. The van der Waals surface area contributed by atoms with E-state index in [-0.39, 0.29) is 0 Å². The molecule has 90 valence electrons. The minimum Gasteiger partial charge on any atom is -0.481 e. The second-order valence-electron chi connectivity index (χ2n) is 3.75. The van der Waals surface area contributed by atoms with Gasteiger partial charge in [-0.25, -0.2) is 4.98 Å². The first-order chi connectivity index (χ1) is 8.81. The SMILES string of the molecule is COc1cc(CNc2ccc(C#N)cc2)ccn1. The van der Waals surface area contributed by atoms with E-state index in [1.54, 1.807) is 25.4 Å². The van der Waals surface area contributed by atoms with Gasteiger partial charge in [0.1, 0.15) is 0 Å². The molecule has 0 fully saturated rings. The summed E-state index contributed by atoms with van der Waals surface area (Å²) < 4.78 is 5.06. The summed E-state index contributed by atoms with van der Waals surface area (Å²) >= 11 is 0. The Bertz CT molecular complexity index is 558. The lowest BCUT2D eigenvalue weighted by atomic mass is 10.2. The highest BCUT2D eigenvalue weighted by atomic mass is 16.5. The van der Waals surface area contributed by atoms with Crippen LogP contribution in [-0.4, -0.2) is 12.1 Å². The molecule has 0 atom stereocenters. The second-order valence-corrected chi connectivity index (χ2v) is 3.75. The number of benzene rings is 1. The van der Waals surface area contributed by atoms with Crippen molar-refractivity contribution in [3.63, 3.8) is 0 Å². The molecule has 1 N–H and O–H groups in total. The molecule has 0 saturated carbocycles. The lowest BCUT2D eigenvalue weighted by Crippen LogP contribution is -2.00. The van der Waals surface area contributed by atoms with E-state index in [4.69, 9.17) is 10.00 Å². The van der Waals surface area contributed by atoms with Crippen LogP contribution in [0.3, 0.4) is 0 Å². The van der Waals surface area contributed by atoms with E-state index < -0.39 is 0 Å². The predicted octanol–water partition coefficient (Wildman–Crippen LogP) is 2.57. The van der Waals surface area contributed by atoms with Crippen LogP contribution in [0.15, 0.2) is 42.6 Å². The van der Waals surface area contributed by atoms with Gasteiger partial charge in [-0.3, -0.25) is 0 Å². The second kappa shape index (κ2) is 5.69. The average molecular weight is 239 g/mol. The summed E-state index contributed by atoms with van der Waals surface area (Å²) in [5.41, 5.74) is 2.72. The molecule has 0 amide bonds. The summed E-state index contributed by atoms with van der Waals surface area (Å²) in [6.45, 7) is 0.685. The van der Waals surface area contributed by atoms with Gasteiger partial charge in [0.2, 0.25) is 5.88 Å². The number of rotatable bonds is 4. The van der Waals surface area contributed by atoms with E-state index in [9.17, 15) is 0 Å². The Morgan fingerprint density at radius 2 is 2.06 bits per heavy atom. The normalized spacial score (nSPS) is 9.56. The summed E-state index contributed by atoms with van der Waals surface area (Å²) in [5.74, 6) is 0.606. The zero-order chi connectivity index (χ0) is 12.8. The first-order valence-corrected chi connectivity index (χ1v) is 5.55. The van der Waals surface area contributed by atoms with Gasteiger partial charge in [-0.2, -0.15) is 5.26 Å². The average Bonchev–Trinajstić information content (AvgIpc) is 2.46. The van der Waals surface area contributed by atoms with Gasteiger partial charge in [0.05, 0.1) is 18.7 Å². The molecule has 2 rings (SSSR count). The summed E-state index contributed by atoms with van der Waals surface area (Å²) in [7, 11) is 1.60. The first kappa shape index (κ1) is 11.9. The van der Waals surface area contributed by atoms with Gasteiger partial charge >= 0.3 is 0 Å². The predicted molar refractivity (Wildman–Crippen MR) is 69.3 cm³/mol. The zero-order valence-corrected chi connectivity index (χ0v) is 10.1. The van der Waals surface area contributed by atoms with E-state index in [2.05, 4.69) is 16.4 Å². The molecule has 1 aromatic carbocycles. The van der Waals surface area contributed by atoms with Crippen LogP contribution in [0.4, 0.5) is 5.69 Å². The molecule has 0 aliphatic rings. The molecular weight excluding hydrogens is 226 g/mol. The van der Waals surface area contributed by atoms with Crippen molar-refractivity contribution in [1.29, 1.82) is 5.26 Å². The van der Waals surface area contributed by atoms with Crippen LogP contribution < -0.4 is 10.1 Å². The van der Waals surface area contributed by atoms with Crippen molar-refractivity contribution in [2.75, 3.05) is 12.4 Å². The van der Waals surface area contributed by atoms with Gasteiger partial charge in [0, 0.05) is 24.5 Å². The third-order valence-electron chi connectivity index (χ3n) is 2.52. The van der Waals surface area contributed by atoms with Crippen molar-refractivity contribution in [2.24, 2.45) is 0 Å². The molecule has 0 saturated heterocycles. The molecule has 1 heterocycles. The van der Waals surface area contributed by atoms with Gasteiger partial charge in [0.15, 0.2) is 0 Å². The first-order valence-electron chi connectivity index (χ1n) is 5.55. The van der Waals surface area contributed by atoms with E-state index in [1.165, 1.54) is 0 Å². The van der Waals surface area contributed by atoms with Gasteiger partial charge in [-0.15, -0.1) is 0 Å². The number of nitrogens with one attached hydrogen (secondary N) is 1. The zero-order valence-electron chi connectivity index (χ0n) is 10.1. The number of ether oxygens (including phenoxy) is 1. The van der Waals surface area contributed by atoms with E-state index in [1.807, 2.05) is 24.3 Å². The fourth-order valence-corrected chi connectivity index (χ4v) is 1.54. The Morgan fingerprint density at radius 1 is 1.28 bits per heavy atom. The Morgan fingerprint density at radius 3 is 2.72 bits per heavy atom. The van der Waals surface area contributed by atoms with Crippen molar-refractivity contribution < 1.29 is 4.74 Å². The van der Waals surface area contributed by atoms with Crippen LogP contribution in [0.5, 0.6) is 5.88 Å². The monoisotopic (exact) mass is 239 g/mol. The molecule has 0 spiro atoms. The van der Waals surface area contributed by atoms with Gasteiger partial charge in [-0.05, 0) is 35.9 Å². The van der Waals surface area contributed by atoms with Gasteiger partial charge in [-0.1, -0.05) is 0 Å². The Kier molecular flexibility index (Phi) is 3.77. The third-order valence-corrected chi connectivity index (χ3v) is 2.52. The van der Waals surface area contributed by atoms with Crippen LogP contribution in [0.2, 0.25) is 0 Å². The van der Waals surface area contributed by atoms with Crippen LogP contribution in [0.1, 0.15) is 11.1 Å². The highest BCUT2D eigenvalue weighted by Gasteiger charge is 1.97. The Hall–Kier alpha value is -2.54. The molecule has 0 bridgehead atoms. The fourth-order valence-electron chi connectivity index (χ4n) is 1.54. The maximum Gasteiger partial charge on any atom is 0.213 e. The van der Waals surface area contributed by atoms with Gasteiger partial charge in [0.25, 0.3) is 0 Å².